The van der Waals surface area contributed by atoms with Crippen LogP contribution in [0.2, 0.25) is 0 Å². The first-order valence-electron chi connectivity index (χ1n) is 6.32. The van der Waals surface area contributed by atoms with Crippen molar-refractivity contribution >= 4 is 9.84 Å². The van der Waals surface area contributed by atoms with Crippen LogP contribution in [0.3, 0.4) is 0 Å². The van der Waals surface area contributed by atoms with Gasteiger partial charge < -0.3 is 5.32 Å². The zero-order valence-corrected chi connectivity index (χ0v) is 11.5. The summed E-state index contributed by atoms with van der Waals surface area (Å²) >= 11 is 0. The van der Waals surface area contributed by atoms with Crippen LogP contribution in [-0.2, 0) is 9.84 Å². The first-order valence-corrected chi connectivity index (χ1v) is 8.14. The highest BCUT2D eigenvalue weighted by Gasteiger charge is 2.32. The molecule has 0 aliphatic carbocycles. The van der Waals surface area contributed by atoms with E-state index in [1.165, 1.54) is 12.8 Å². The van der Waals surface area contributed by atoms with Gasteiger partial charge in [0.15, 0.2) is 9.84 Å². The fourth-order valence-corrected chi connectivity index (χ4v) is 4.38. The minimum absolute atomic E-state index is 0.335. The van der Waals surface area contributed by atoms with E-state index >= 15 is 0 Å². The molecule has 1 aliphatic heterocycles. The van der Waals surface area contributed by atoms with E-state index in [0.717, 1.165) is 18.8 Å². The van der Waals surface area contributed by atoms with Crippen LogP contribution in [0.25, 0.3) is 0 Å². The highest BCUT2D eigenvalue weighted by atomic mass is 32.2. The molecule has 1 rings (SSSR count). The van der Waals surface area contributed by atoms with Gasteiger partial charge in [0, 0.05) is 6.04 Å². The lowest BCUT2D eigenvalue weighted by Crippen LogP contribution is -2.34. The van der Waals surface area contributed by atoms with Crippen LogP contribution in [-0.4, -0.2) is 33.0 Å². The van der Waals surface area contributed by atoms with E-state index in [0.29, 0.717) is 23.5 Å². The topological polar surface area (TPSA) is 46.2 Å². The van der Waals surface area contributed by atoms with Crippen LogP contribution in [0, 0.1) is 11.8 Å². The largest absolute Gasteiger partial charge is 0.317 e. The minimum atomic E-state index is -2.73. The minimum Gasteiger partial charge on any atom is -0.317 e. The maximum Gasteiger partial charge on any atom is 0.150 e. The average Bonchev–Trinajstić information content (AvgIpc) is 2.53. The maximum absolute atomic E-state index is 11.4. The SMILES string of the molecule is CNC(CCCC(C)C)C1CCS(=O)(=O)C1. The Morgan fingerprint density at radius 1 is 1.31 bits per heavy atom. The molecule has 4 heteroatoms. The van der Waals surface area contributed by atoms with Crippen molar-refractivity contribution in [1.82, 2.24) is 5.32 Å². The van der Waals surface area contributed by atoms with Crippen LogP contribution < -0.4 is 5.32 Å². The smallest absolute Gasteiger partial charge is 0.150 e. The molecule has 1 aliphatic rings. The molecule has 2 atom stereocenters. The average molecular weight is 247 g/mol. The molecule has 3 nitrogen and oxygen atoms in total. The number of sulfone groups is 1. The number of rotatable bonds is 6. The van der Waals surface area contributed by atoms with Crippen molar-refractivity contribution in [2.75, 3.05) is 18.6 Å². The van der Waals surface area contributed by atoms with Gasteiger partial charge in [-0.2, -0.15) is 0 Å². The molecular formula is C12H25NO2S. The van der Waals surface area contributed by atoms with Crippen molar-refractivity contribution in [1.29, 1.82) is 0 Å². The molecule has 0 spiro atoms. The number of nitrogens with one attached hydrogen (secondary N) is 1. The standard InChI is InChI=1S/C12H25NO2S/c1-10(2)5-4-6-12(13-3)11-7-8-16(14,15)9-11/h10-13H,4-9H2,1-3H3. The Bertz CT molecular complexity index is 298. The van der Waals surface area contributed by atoms with Crippen LogP contribution >= 0.6 is 0 Å². The zero-order valence-electron chi connectivity index (χ0n) is 10.7. The Hall–Kier alpha value is -0.0900. The molecule has 0 amide bonds. The molecule has 0 bridgehead atoms. The van der Waals surface area contributed by atoms with Crippen LogP contribution in [0.1, 0.15) is 39.5 Å². The van der Waals surface area contributed by atoms with E-state index in [2.05, 4.69) is 19.2 Å². The van der Waals surface area contributed by atoms with Crippen molar-refractivity contribution in [3.8, 4) is 0 Å². The second-order valence-electron chi connectivity index (χ2n) is 5.38. The van der Waals surface area contributed by atoms with E-state index in [4.69, 9.17) is 0 Å². The predicted octanol–water partition coefficient (Wildman–Crippen LogP) is 1.84. The second-order valence-corrected chi connectivity index (χ2v) is 7.61. The Kier molecular flexibility index (Phi) is 5.25. The lowest BCUT2D eigenvalue weighted by atomic mass is 9.93. The van der Waals surface area contributed by atoms with Crippen LogP contribution in [0.5, 0.6) is 0 Å². The molecule has 16 heavy (non-hydrogen) atoms. The summed E-state index contributed by atoms with van der Waals surface area (Å²) in [4.78, 5) is 0. The molecular weight excluding hydrogens is 222 g/mol. The summed E-state index contributed by atoms with van der Waals surface area (Å²) in [5.41, 5.74) is 0. The molecule has 0 aromatic heterocycles. The Morgan fingerprint density at radius 2 is 2.00 bits per heavy atom. The summed E-state index contributed by atoms with van der Waals surface area (Å²) in [6, 6.07) is 0.385. The van der Waals surface area contributed by atoms with Gasteiger partial charge in [0.1, 0.15) is 0 Å². The first-order chi connectivity index (χ1) is 7.44. The summed E-state index contributed by atoms with van der Waals surface area (Å²) < 4.78 is 22.8. The molecule has 0 radical (unpaired) electrons. The predicted molar refractivity (Wildman–Crippen MR) is 68.3 cm³/mol. The third-order valence-corrected chi connectivity index (χ3v) is 5.30. The Labute approximate surface area is 99.9 Å². The number of hydrogen-bond acceptors (Lipinski definition) is 3. The summed E-state index contributed by atoms with van der Waals surface area (Å²) in [7, 11) is -0.783. The monoisotopic (exact) mass is 247 g/mol. The normalized spacial score (nSPS) is 26.1. The van der Waals surface area contributed by atoms with E-state index in [1.807, 2.05) is 7.05 Å². The molecule has 1 heterocycles. The molecule has 0 aromatic rings. The lowest BCUT2D eigenvalue weighted by Gasteiger charge is -2.22. The van der Waals surface area contributed by atoms with Gasteiger partial charge in [-0.25, -0.2) is 8.42 Å². The molecule has 0 saturated carbocycles. The van der Waals surface area contributed by atoms with Crippen molar-refractivity contribution in [3.05, 3.63) is 0 Å². The van der Waals surface area contributed by atoms with Crippen molar-refractivity contribution < 1.29 is 8.42 Å². The van der Waals surface area contributed by atoms with Gasteiger partial charge >= 0.3 is 0 Å². The third-order valence-electron chi connectivity index (χ3n) is 3.50. The zero-order chi connectivity index (χ0) is 12.2. The van der Waals surface area contributed by atoms with E-state index in [1.54, 1.807) is 0 Å². The first kappa shape index (κ1) is 14.0. The van der Waals surface area contributed by atoms with Crippen molar-refractivity contribution in [2.45, 2.75) is 45.6 Å². The van der Waals surface area contributed by atoms with E-state index in [9.17, 15) is 8.42 Å². The molecule has 0 aromatic carbocycles. The van der Waals surface area contributed by atoms with Gasteiger partial charge in [-0.15, -0.1) is 0 Å². The van der Waals surface area contributed by atoms with Gasteiger partial charge in [0.05, 0.1) is 11.5 Å². The van der Waals surface area contributed by atoms with E-state index in [-0.39, 0.29) is 0 Å². The van der Waals surface area contributed by atoms with Crippen molar-refractivity contribution in [3.63, 3.8) is 0 Å². The molecule has 1 saturated heterocycles. The lowest BCUT2D eigenvalue weighted by molar-refractivity contribution is 0.362. The highest BCUT2D eigenvalue weighted by molar-refractivity contribution is 7.91. The molecule has 2 unspecified atom stereocenters. The van der Waals surface area contributed by atoms with Gasteiger partial charge in [-0.05, 0) is 31.7 Å². The molecule has 96 valence electrons. The van der Waals surface area contributed by atoms with Gasteiger partial charge in [0.25, 0.3) is 0 Å². The summed E-state index contributed by atoms with van der Waals surface area (Å²) in [6.45, 7) is 4.46. The Balaban J connectivity index is 2.37. The van der Waals surface area contributed by atoms with E-state index < -0.39 is 9.84 Å². The fourth-order valence-electron chi connectivity index (χ4n) is 2.50. The Morgan fingerprint density at radius 3 is 2.44 bits per heavy atom. The summed E-state index contributed by atoms with van der Waals surface area (Å²) in [5, 5.41) is 3.29. The maximum atomic E-state index is 11.4. The van der Waals surface area contributed by atoms with Gasteiger partial charge in [0.2, 0.25) is 0 Å². The molecule has 1 fully saturated rings. The summed E-state index contributed by atoms with van der Waals surface area (Å²) in [5.74, 6) is 1.85. The highest BCUT2D eigenvalue weighted by Crippen LogP contribution is 2.24. The number of hydrogen-bond donors (Lipinski definition) is 1. The molecule has 1 N–H and O–H groups in total. The summed E-state index contributed by atoms with van der Waals surface area (Å²) in [6.07, 6.45) is 4.38. The second kappa shape index (κ2) is 6.01. The van der Waals surface area contributed by atoms with Crippen LogP contribution in [0.15, 0.2) is 0 Å². The fraction of sp³-hybridized carbons (Fsp3) is 1.00. The van der Waals surface area contributed by atoms with Gasteiger partial charge in [-0.3, -0.25) is 0 Å². The van der Waals surface area contributed by atoms with Gasteiger partial charge in [-0.1, -0.05) is 26.7 Å². The third kappa shape index (κ3) is 4.42. The quantitative estimate of drug-likeness (QED) is 0.779. The van der Waals surface area contributed by atoms with Crippen LogP contribution in [0.4, 0.5) is 0 Å². The van der Waals surface area contributed by atoms with Crippen molar-refractivity contribution in [2.24, 2.45) is 11.8 Å².